The molecule has 0 N–H and O–H groups in total. The molecule has 7 heteroatoms. The van der Waals surface area contributed by atoms with E-state index in [9.17, 15) is 23.3 Å². The van der Waals surface area contributed by atoms with Gasteiger partial charge in [0, 0.05) is 6.20 Å². The van der Waals surface area contributed by atoms with E-state index in [2.05, 4.69) is 4.98 Å². The highest BCUT2D eigenvalue weighted by Crippen LogP contribution is 2.30. The Bertz CT molecular complexity index is 357. The molecule has 4 nitrogen and oxygen atoms in total. The normalized spacial score (nSPS) is 10.6. The summed E-state index contributed by atoms with van der Waals surface area (Å²) in [5.74, 6) is 0. The van der Waals surface area contributed by atoms with Gasteiger partial charge in [-0.2, -0.15) is 0 Å². The molecule has 0 spiro atoms. The third-order valence-corrected chi connectivity index (χ3v) is 1.57. The molecule has 0 fully saturated rings. The van der Waals surface area contributed by atoms with Crippen LogP contribution in [0.2, 0.25) is 0 Å². The van der Waals surface area contributed by atoms with Crippen LogP contribution in [0, 0.1) is 10.1 Å². The number of nitro groups is 1. The van der Waals surface area contributed by atoms with Crippen molar-refractivity contribution in [3.05, 3.63) is 33.6 Å². The summed E-state index contributed by atoms with van der Waals surface area (Å²) < 4.78 is 36.6. The summed E-state index contributed by atoms with van der Waals surface area (Å²) in [6.07, 6.45) is -2.16. The van der Waals surface area contributed by atoms with Gasteiger partial charge in [0.15, 0.2) is 5.69 Å². The highest BCUT2D eigenvalue weighted by Gasteiger charge is 2.26. The lowest BCUT2D eigenvalue weighted by atomic mass is 10.2. The van der Waals surface area contributed by atoms with Gasteiger partial charge in [0.25, 0.3) is 6.43 Å². The molecule has 0 atom stereocenters. The first-order valence-electron chi connectivity index (χ1n) is 3.54. The third-order valence-electron chi connectivity index (χ3n) is 1.57. The number of alkyl halides is 3. The summed E-state index contributed by atoms with van der Waals surface area (Å²) in [5, 5.41) is 10.4. The predicted octanol–water partition coefficient (Wildman–Crippen LogP) is 2.40. The molecule has 1 aromatic rings. The summed E-state index contributed by atoms with van der Waals surface area (Å²) in [6.45, 7) is -1.17. The topological polar surface area (TPSA) is 56.0 Å². The molecular formula is C7H5F3N2O2. The smallest absolute Gasteiger partial charge is 0.258 e. The Kier molecular flexibility index (Phi) is 3.00. The third kappa shape index (κ3) is 1.81. The van der Waals surface area contributed by atoms with Gasteiger partial charge in [0.2, 0.25) is 0 Å². The van der Waals surface area contributed by atoms with Crippen LogP contribution < -0.4 is 0 Å². The first-order valence-corrected chi connectivity index (χ1v) is 3.54. The average molecular weight is 206 g/mol. The van der Waals surface area contributed by atoms with Gasteiger partial charge in [-0.25, -0.2) is 18.2 Å². The number of halogens is 3. The zero-order valence-corrected chi connectivity index (χ0v) is 6.78. The van der Waals surface area contributed by atoms with Crippen LogP contribution in [0.15, 0.2) is 12.3 Å². The van der Waals surface area contributed by atoms with E-state index in [0.717, 1.165) is 12.3 Å². The molecule has 0 saturated heterocycles. The van der Waals surface area contributed by atoms with Crippen molar-refractivity contribution in [2.24, 2.45) is 0 Å². The molecule has 1 heterocycles. The molecule has 0 aromatic carbocycles. The molecule has 1 aromatic heterocycles. The molecule has 0 bridgehead atoms. The van der Waals surface area contributed by atoms with Crippen molar-refractivity contribution >= 4 is 5.69 Å². The number of rotatable bonds is 3. The van der Waals surface area contributed by atoms with Crippen molar-refractivity contribution in [2.75, 3.05) is 0 Å². The van der Waals surface area contributed by atoms with Crippen LogP contribution in [0.25, 0.3) is 0 Å². The number of nitrogens with zero attached hydrogens (tertiary/aromatic N) is 2. The molecule has 0 amide bonds. The fourth-order valence-electron chi connectivity index (χ4n) is 0.990. The van der Waals surface area contributed by atoms with E-state index in [1.165, 1.54) is 0 Å². The van der Waals surface area contributed by atoms with Gasteiger partial charge in [0.1, 0.15) is 6.67 Å². The highest BCUT2D eigenvalue weighted by molar-refractivity contribution is 5.43. The Morgan fingerprint density at radius 2 is 2.21 bits per heavy atom. The quantitative estimate of drug-likeness (QED) is 0.563. The van der Waals surface area contributed by atoms with E-state index in [1.807, 2.05) is 0 Å². The lowest BCUT2D eigenvalue weighted by Crippen LogP contribution is -2.02. The monoisotopic (exact) mass is 206 g/mol. The Hall–Kier alpha value is -1.66. The maximum Gasteiger partial charge on any atom is 0.302 e. The molecule has 14 heavy (non-hydrogen) atoms. The van der Waals surface area contributed by atoms with Crippen LogP contribution in [0.3, 0.4) is 0 Å². The van der Waals surface area contributed by atoms with Crippen LogP contribution in [0.4, 0.5) is 18.9 Å². The number of hydrogen-bond donors (Lipinski definition) is 0. The van der Waals surface area contributed by atoms with Gasteiger partial charge >= 0.3 is 5.69 Å². The maximum absolute atomic E-state index is 12.2. The largest absolute Gasteiger partial charge is 0.302 e. The fourth-order valence-corrected chi connectivity index (χ4v) is 0.990. The van der Waals surface area contributed by atoms with Gasteiger partial charge in [-0.1, -0.05) is 0 Å². The van der Waals surface area contributed by atoms with Crippen molar-refractivity contribution in [1.82, 2.24) is 4.98 Å². The van der Waals surface area contributed by atoms with Crippen LogP contribution in [0.5, 0.6) is 0 Å². The summed E-state index contributed by atoms with van der Waals surface area (Å²) >= 11 is 0. The summed E-state index contributed by atoms with van der Waals surface area (Å²) in [5.41, 5.74) is -2.32. The lowest BCUT2D eigenvalue weighted by molar-refractivity contribution is -0.387. The second kappa shape index (κ2) is 4.03. The maximum atomic E-state index is 12.2. The number of pyridine rings is 1. The Morgan fingerprint density at radius 1 is 1.57 bits per heavy atom. The Morgan fingerprint density at radius 3 is 2.64 bits per heavy atom. The van der Waals surface area contributed by atoms with Gasteiger partial charge in [-0.05, 0) is 6.07 Å². The van der Waals surface area contributed by atoms with E-state index in [0.29, 0.717) is 0 Å². The Balaban J connectivity index is 3.35. The van der Waals surface area contributed by atoms with Crippen LogP contribution in [-0.2, 0) is 6.67 Å². The van der Waals surface area contributed by atoms with E-state index < -0.39 is 29.4 Å². The molecule has 1 rings (SSSR count). The SMILES string of the molecule is O=[N+]([O-])c1c(CF)ccnc1C(F)F. The summed E-state index contributed by atoms with van der Waals surface area (Å²) in [4.78, 5) is 12.5. The zero-order chi connectivity index (χ0) is 10.7. The average Bonchev–Trinajstić information content (AvgIpc) is 2.16. The van der Waals surface area contributed by atoms with Gasteiger partial charge in [-0.3, -0.25) is 10.1 Å². The minimum absolute atomic E-state index is 0.389. The molecule has 76 valence electrons. The van der Waals surface area contributed by atoms with Crippen molar-refractivity contribution in [1.29, 1.82) is 0 Å². The first-order chi connectivity index (χ1) is 6.57. The van der Waals surface area contributed by atoms with Gasteiger partial charge < -0.3 is 0 Å². The standard InChI is InChI=1S/C7H5F3N2O2/c8-3-4-1-2-11-5(7(9)10)6(4)12(13)14/h1-2,7H,3H2. The summed E-state index contributed by atoms with van der Waals surface area (Å²) in [7, 11) is 0. The molecule has 0 aliphatic rings. The Labute approximate surface area is 76.5 Å². The molecule has 0 radical (unpaired) electrons. The molecular weight excluding hydrogens is 201 g/mol. The second-order valence-electron chi connectivity index (χ2n) is 2.40. The lowest BCUT2D eigenvalue weighted by Gasteiger charge is -2.02. The first kappa shape index (κ1) is 10.4. The minimum atomic E-state index is -3.08. The van der Waals surface area contributed by atoms with Crippen LogP contribution in [-0.4, -0.2) is 9.91 Å². The molecule has 0 unspecified atom stereocenters. The van der Waals surface area contributed by atoms with E-state index in [1.54, 1.807) is 0 Å². The highest BCUT2D eigenvalue weighted by atomic mass is 19.3. The van der Waals surface area contributed by atoms with Crippen molar-refractivity contribution in [3.63, 3.8) is 0 Å². The van der Waals surface area contributed by atoms with Crippen molar-refractivity contribution in [2.45, 2.75) is 13.1 Å². The van der Waals surface area contributed by atoms with E-state index >= 15 is 0 Å². The molecule has 0 aliphatic carbocycles. The number of hydrogen-bond acceptors (Lipinski definition) is 3. The van der Waals surface area contributed by atoms with Gasteiger partial charge in [0.05, 0.1) is 10.5 Å². The zero-order valence-electron chi connectivity index (χ0n) is 6.78. The van der Waals surface area contributed by atoms with E-state index in [4.69, 9.17) is 0 Å². The molecule has 0 aliphatic heterocycles. The van der Waals surface area contributed by atoms with Crippen molar-refractivity contribution in [3.8, 4) is 0 Å². The minimum Gasteiger partial charge on any atom is -0.258 e. The summed E-state index contributed by atoms with van der Waals surface area (Å²) in [6, 6.07) is 1.00. The van der Waals surface area contributed by atoms with E-state index in [-0.39, 0.29) is 5.56 Å². The van der Waals surface area contributed by atoms with Gasteiger partial charge in [-0.15, -0.1) is 0 Å². The second-order valence-corrected chi connectivity index (χ2v) is 2.40. The fraction of sp³-hybridized carbons (Fsp3) is 0.286. The molecule has 0 saturated carbocycles. The van der Waals surface area contributed by atoms with Crippen LogP contribution >= 0.6 is 0 Å². The van der Waals surface area contributed by atoms with Crippen LogP contribution in [0.1, 0.15) is 17.7 Å². The van der Waals surface area contributed by atoms with Crippen molar-refractivity contribution < 1.29 is 18.1 Å². The number of aromatic nitrogens is 1. The predicted molar refractivity (Wildman–Crippen MR) is 40.7 cm³/mol.